The number of carbonyl (C=O) groups is 1. The Hall–Kier alpha value is -3.69. The van der Waals surface area contributed by atoms with E-state index >= 15 is 0 Å². The van der Waals surface area contributed by atoms with Gasteiger partial charge in [-0.2, -0.15) is 10.4 Å². The number of piperazine rings is 1. The minimum atomic E-state index is -0.978. The molecule has 4 atom stereocenters. The van der Waals surface area contributed by atoms with Crippen LogP contribution in [-0.4, -0.2) is 60.2 Å². The highest BCUT2D eigenvalue weighted by molar-refractivity contribution is 6.05. The second kappa shape index (κ2) is 6.15. The average molecular weight is 411 g/mol. The number of amidine groups is 1. The molecule has 4 aliphatic rings. The van der Waals surface area contributed by atoms with Crippen LogP contribution < -0.4 is 16.0 Å². The fourth-order valence-electron chi connectivity index (χ4n) is 4.76. The SMILES string of the molecule is COC12C(COC(N)=O)c3c(O)c(N=C4N=NC=C4C#N)cc(O)c3N1CC1NC12. The number of ether oxygens (including phenoxy) is 2. The number of azo groups is 1. The molecule has 30 heavy (non-hydrogen) atoms. The number of benzene rings is 1. The molecule has 1 amide bonds. The third-order valence-electron chi connectivity index (χ3n) is 5.97. The summed E-state index contributed by atoms with van der Waals surface area (Å²) in [5.41, 5.74) is 5.02. The number of aliphatic imine (C=N–C) groups is 1. The monoisotopic (exact) mass is 411 g/mol. The summed E-state index contributed by atoms with van der Waals surface area (Å²) in [6, 6.07) is 3.27. The van der Waals surface area contributed by atoms with Gasteiger partial charge in [0.2, 0.25) is 0 Å². The third-order valence-corrected chi connectivity index (χ3v) is 5.97. The Labute approximate surface area is 169 Å². The zero-order valence-corrected chi connectivity index (χ0v) is 15.7. The maximum atomic E-state index is 11.3. The molecule has 0 aromatic heterocycles. The molecule has 0 aliphatic carbocycles. The summed E-state index contributed by atoms with van der Waals surface area (Å²) in [6.07, 6.45) is 0.288. The van der Waals surface area contributed by atoms with Crippen molar-refractivity contribution in [2.24, 2.45) is 21.0 Å². The summed E-state index contributed by atoms with van der Waals surface area (Å²) in [4.78, 5) is 17.4. The molecule has 2 fully saturated rings. The highest BCUT2D eigenvalue weighted by Gasteiger charge is 2.71. The van der Waals surface area contributed by atoms with Gasteiger partial charge in [0, 0.05) is 31.3 Å². The van der Waals surface area contributed by atoms with Crippen molar-refractivity contribution in [3.63, 3.8) is 0 Å². The molecule has 4 heterocycles. The number of anilines is 1. The van der Waals surface area contributed by atoms with E-state index < -0.39 is 17.7 Å². The second-order valence-corrected chi connectivity index (χ2v) is 7.33. The highest BCUT2D eigenvalue weighted by atomic mass is 16.6. The summed E-state index contributed by atoms with van der Waals surface area (Å²) in [7, 11) is 1.52. The number of nitrogens with one attached hydrogen (secondary N) is 1. The Bertz CT molecular complexity index is 1110. The van der Waals surface area contributed by atoms with Gasteiger partial charge in [0.25, 0.3) is 0 Å². The zero-order valence-electron chi connectivity index (χ0n) is 15.7. The summed E-state index contributed by atoms with van der Waals surface area (Å²) in [6.45, 7) is 0.364. The first-order valence-corrected chi connectivity index (χ1v) is 9.12. The number of methoxy groups -OCH3 is 1. The summed E-state index contributed by atoms with van der Waals surface area (Å²) >= 11 is 0. The number of nitriles is 1. The van der Waals surface area contributed by atoms with Gasteiger partial charge in [0.05, 0.1) is 23.8 Å². The van der Waals surface area contributed by atoms with Crippen LogP contribution in [0.1, 0.15) is 11.5 Å². The minimum absolute atomic E-state index is 0.0000534. The number of primary amides is 1. The number of nitrogens with zero attached hydrogens (tertiary/aromatic N) is 5. The van der Waals surface area contributed by atoms with Crippen molar-refractivity contribution < 1.29 is 24.5 Å². The molecule has 4 unspecified atom stereocenters. The van der Waals surface area contributed by atoms with Crippen molar-refractivity contribution in [2.45, 2.75) is 23.7 Å². The van der Waals surface area contributed by atoms with Crippen LogP contribution in [0, 0.1) is 11.3 Å². The first-order valence-electron chi connectivity index (χ1n) is 9.12. The molecular weight excluding hydrogens is 394 g/mol. The van der Waals surface area contributed by atoms with Gasteiger partial charge in [-0.3, -0.25) is 0 Å². The van der Waals surface area contributed by atoms with Crippen LogP contribution >= 0.6 is 0 Å². The van der Waals surface area contributed by atoms with Crippen LogP contribution in [0.25, 0.3) is 0 Å². The number of phenols is 2. The molecule has 1 aromatic carbocycles. The summed E-state index contributed by atoms with van der Waals surface area (Å²) in [5.74, 6) is -1.02. The van der Waals surface area contributed by atoms with Crippen molar-refractivity contribution >= 4 is 23.3 Å². The van der Waals surface area contributed by atoms with Gasteiger partial charge in [0.15, 0.2) is 11.6 Å². The van der Waals surface area contributed by atoms with E-state index in [0.717, 1.165) is 0 Å². The zero-order chi connectivity index (χ0) is 21.2. The topological polar surface area (TPSA) is 188 Å². The van der Waals surface area contributed by atoms with Crippen LogP contribution in [0.3, 0.4) is 0 Å². The Balaban J connectivity index is 1.67. The number of hydrogen-bond donors (Lipinski definition) is 4. The van der Waals surface area contributed by atoms with Gasteiger partial charge in [-0.05, 0) is 0 Å². The number of hydrogen-bond acceptors (Lipinski definition) is 10. The van der Waals surface area contributed by atoms with Crippen LogP contribution in [0.5, 0.6) is 11.5 Å². The van der Waals surface area contributed by atoms with Gasteiger partial charge < -0.3 is 35.6 Å². The fourth-order valence-corrected chi connectivity index (χ4v) is 4.76. The number of carbonyl (C=O) groups excluding carboxylic acids is 1. The molecule has 12 nitrogen and oxygen atoms in total. The van der Waals surface area contributed by atoms with E-state index in [1.807, 2.05) is 11.0 Å². The van der Waals surface area contributed by atoms with E-state index in [0.29, 0.717) is 17.8 Å². The normalized spacial score (nSPS) is 31.2. The second-order valence-electron chi connectivity index (χ2n) is 7.33. The van der Waals surface area contributed by atoms with Crippen molar-refractivity contribution in [1.29, 1.82) is 5.26 Å². The molecule has 0 bridgehead atoms. The van der Waals surface area contributed by atoms with E-state index in [-0.39, 0.29) is 47.3 Å². The van der Waals surface area contributed by atoms with E-state index in [1.165, 1.54) is 19.4 Å². The molecule has 0 saturated carbocycles. The molecule has 5 rings (SSSR count). The van der Waals surface area contributed by atoms with Crippen LogP contribution in [0.4, 0.5) is 16.2 Å². The quantitative estimate of drug-likeness (QED) is 0.411. The summed E-state index contributed by atoms with van der Waals surface area (Å²) < 4.78 is 11.0. The molecule has 0 spiro atoms. The molecule has 154 valence electrons. The Morgan fingerprint density at radius 3 is 3.07 bits per heavy atom. The van der Waals surface area contributed by atoms with Crippen LogP contribution in [0.15, 0.2) is 33.1 Å². The largest absolute Gasteiger partial charge is 0.506 e. The van der Waals surface area contributed by atoms with E-state index in [9.17, 15) is 15.0 Å². The number of fused-ring (bicyclic) bond motifs is 5. The predicted octanol–water partition coefficient (Wildman–Crippen LogP) is 0.697. The molecule has 2 saturated heterocycles. The number of aromatic hydroxyl groups is 2. The van der Waals surface area contributed by atoms with E-state index in [4.69, 9.17) is 20.5 Å². The van der Waals surface area contributed by atoms with Crippen LogP contribution in [0.2, 0.25) is 0 Å². The van der Waals surface area contributed by atoms with E-state index in [1.54, 1.807) is 0 Å². The van der Waals surface area contributed by atoms with Gasteiger partial charge in [-0.15, -0.1) is 5.11 Å². The van der Waals surface area contributed by atoms with Crippen LogP contribution in [-0.2, 0) is 9.47 Å². The molecule has 0 radical (unpaired) electrons. The summed E-state index contributed by atoms with van der Waals surface area (Å²) in [5, 5.41) is 41.8. The number of nitrogens with two attached hydrogens (primary N) is 1. The Kier molecular flexibility index (Phi) is 3.76. The van der Waals surface area contributed by atoms with Crippen molar-refractivity contribution in [1.82, 2.24) is 5.32 Å². The van der Waals surface area contributed by atoms with Gasteiger partial charge >= 0.3 is 6.09 Å². The molecule has 1 aromatic rings. The lowest BCUT2D eigenvalue weighted by Gasteiger charge is -2.38. The Morgan fingerprint density at radius 2 is 2.37 bits per heavy atom. The van der Waals surface area contributed by atoms with Gasteiger partial charge in [-0.1, -0.05) is 0 Å². The first kappa shape index (κ1) is 18.3. The molecule has 5 N–H and O–H groups in total. The Morgan fingerprint density at radius 1 is 1.57 bits per heavy atom. The lowest BCUT2D eigenvalue weighted by Crippen LogP contribution is -2.54. The lowest BCUT2D eigenvalue weighted by molar-refractivity contribution is -0.0337. The molecule has 4 aliphatic heterocycles. The van der Waals surface area contributed by atoms with Crippen molar-refractivity contribution in [2.75, 3.05) is 25.2 Å². The maximum absolute atomic E-state index is 11.3. The fraction of sp³-hybridized carbons (Fsp3) is 0.389. The molecule has 12 heteroatoms. The number of phenolic OH excluding ortho intramolecular Hbond substituents is 2. The van der Waals surface area contributed by atoms with Gasteiger partial charge in [-0.25, -0.2) is 9.79 Å². The van der Waals surface area contributed by atoms with Gasteiger partial charge in [0.1, 0.15) is 35.4 Å². The predicted molar refractivity (Wildman–Crippen MR) is 101 cm³/mol. The standard InChI is InChI=1S/C18H17N7O5/c1-29-18-8(6-30-17(20)28)12-13(25(18)5-10-15(18)22-10)11(26)2-9(14(12)27)23-16-7(3-19)4-21-24-16/h2,4,8,10,15,22,26-27H,5-6H2,1H3,(H2,20,28). The lowest BCUT2D eigenvalue weighted by atomic mass is 9.89. The number of amides is 1. The highest BCUT2D eigenvalue weighted by Crippen LogP contribution is 2.63. The number of rotatable bonds is 4. The smallest absolute Gasteiger partial charge is 0.404 e. The molecular formula is C18H17N7O5. The van der Waals surface area contributed by atoms with E-state index in [2.05, 4.69) is 20.5 Å². The first-order chi connectivity index (χ1) is 14.4. The average Bonchev–Trinajstić information content (AvgIpc) is 3.09. The van der Waals surface area contributed by atoms with Crippen molar-refractivity contribution in [3.05, 3.63) is 23.4 Å². The third kappa shape index (κ3) is 2.27. The minimum Gasteiger partial charge on any atom is -0.506 e. The maximum Gasteiger partial charge on any atom is 0.404 e. The van der Waals surface area contributed by atoms with Crippen molar-refractivity contribution in [3.8, 4) is 17.6 Å².